The first kappa shape index (κ1) is 15.7. The molecular weight excluding hydrogens is 309 g/mol. The first-order chi connectivity index (χ1) is 11.6. The molecular formula is C18H16FN3O2. The smallest absolute Gasteiger partial charge is 0.276 e. The van der Waals surface area contributed by atoms with Crippen molar-refractivity contribution in [1.29, 1.82) is 0 Å². The van der Waals surface area contributed by atoms with E-state index in [1.54, 1.807) is 31.0 Å². The molecule has 0 aliphatic carbocycles. The number of amides is 1. The fourth-order valence-corrected chi connectivity index (χ4v) is 2.37. The van der Waals surface area contributed by atoms with Crippen molar-refractivity contribution in [3.05, 3.63) is 66.1 Å². The zero-order valence-corrected chi connectivity index (χ0v) is 13.3. The summed E-state index contributed by atoms with van der Waals surface area (Å²) in [6, 6.07) is 14.9. The van der Waals surface area contributed by atoms with E-state index in [0.717, 1.165) is 17.0 Å². The van der Waals surface area contributed by atoms with E-state index in [9.17, 15) is 9.18 Å². The zero-order chi connectivity index (χ0) is 17.1. The van der Waals surface area contributed by atoms with E-state index in [2.05, 4.69) is 10.4 Å². The SMILES string of the molecule is COc1ccc(-c2cc(C(=O)Nc3cccc(F)c3)nn2C)cc1. The number of rotatable bonds is 4. The van der Waals surface area contributed by atoms with E-state index in [4.69, 9.17) is 4.74 Å². The number of methoxy groups -OCH3 is 1. The van der Waals surface area contributed by atoms with Gasteiger partial charge in [-0.25, -0.2) is 4.39 Å². The van der Waals surface area contributed by atoms with Crippen LogP contribution in [0.25, 0.3) is 11.3 Å². The molecule has 1 aromatic heterocycles. The molecule has 1 N–H and O–H groups in total. The van der Waals surface area contributed by atoms with Crippen molar-refractivity contribution >= 4 is 11.6 Å². The number of nitrogens with zero attached hydrogens (tertiary/aromatic N) is 2. The maximum Gasteiger partial charge on any atom is 0.276 e. The van der Waals surface area contributed by atoms with Crippen LogP contribution in [0.2, 0.25) is 0 Å². The van der Waals surface area contributed by atoms with Gasteiger partial charge in [0, 0.05) is 18.3 Å². The third-order valence-corrected chi connectivity index (χ3v) is 3.58. The van der Waals surface area contributed by atoms with Crippen molar-refractivity contribution in [2.24, 2.45) is 7.05 Å². The molecule has 5 nitrogen and oxygen atoms in total. The molecule has 6 heteroatoms. The summed E-state index contributed by atoms with van der Waals surface area (Å²) in [6.45, 7) is 0. The number of hydrogen-bond donors (Lipinski definition) is 1. The Balaban J connectivity index is 1.83. The summed E-state index contributed by atoms with van der Waals surface area (Å²) in [5.74, 6) is -0.0475. The summed E-state index contributed by atoms with van der Waals surface area (Å²) in [6.07, 6.45) is 0. The van der Waals surface area contributed by atoms with Gasteiger partial charge in [-0.3, -0.25) is 9.48 Å². The molecule has 0 fully saturated rings. The number of halogens is 1. The summed E-state index contributed by atoms with van der Waals surface area (Å²) in [7, 11) is 3.37. The molecule has 0 saturated carbocycles. The minimum atomic E-state index is -0.409. The van der Waals surface area contributed by atoms with Crippen LogP contribution in [0.1, 0.15) is 10.5 Å². The Morgan fingerprint density at radius 2 is 1.92 bits per heavy atom. The quantitative estimate of drug-likeness (QED) is 0.799. The van der Waals surface area contributed by atoms with Gasteiger partial charge >= 0.3 is 0 Å². The third-order valence-electron chi connectivity index (χ3n) is 3.58. The molecule has 0 unspecified atom stereocenters. The highest BCUT2D eigenvalue weighted by Crippen LogP contribution is 2.23. The molecule has 0 radical (unpaired) electrons. The lowest BCUT2D eigenvalue weighted by molar-refractivity contribution is 0.102. The Bertz CT molecular complexity index is 872. The fourth-order valence-electron chi connectivity index (χ4n) is 2.37. The van der Waals surface area contributed by atoms with Crippen LogP contribution in [0.3, 0.4) is 0 Å². The van der Waals surface area contributed by atoms with Crippen molar-refractivity contribution in [2.75, 3.05) is 12.4 Å². The van der Waals surface area contributed by atoms with E-state index in [1.165, 1.54) is 18.2 Å². The van der Waals surface area contributed by atoms with Crippen LogP contribution in [0.15, 0.2) is 54.6 Å². The molecule has 1 amide bonds. The Hall–Kier alpha value is -3.15. The maximum absolute atomic E-state index is 13.2. The number of hydrogen-bond acceptors (Lipinski definition) is 3. The van der Waals surface area contributed by atoms with Gasteiger partial charge in [0.1, 0.15) is 11.6 Å². The lowest BCUT2D eigenvalue weighted by Crippen LogP contribution is -2.13. The van der Waals surface area contributed by atoms with E-state index in [0.29, 0.717) is 5.69 Å². The van der Waals surface area contributed by atoms with Gasteiger partial charge in [-0.1, -0.05) is 6.07 Å². The van der Waals surface area contributed by atoms with E-state index < -0.39 is 11.7 Å². The number of carbonyl (C=O) groups excluding carboxylic acids is 1. The van der Waals surface area contributed by atoms with Crippen LogP contribution >= 0.6 is 0 Å². The predicted octanol–water partition coefficient (Wildman–Crippen LogP) is 3.49. The molecule has 122 valence electrons. The van der Waals surface area contributed by atoms with Gasteiger partial charge in [0.15, 0.2) is 5.69 Å². The maximum atomic E-state index is 13.2. The van der Waals surface area contributed by atoms with Crippen molar-refractivity contribution in [3.63, 3.8) is 0 Å². The molecule has 1 heterocycles. The van der Waals surface area contributed by atoms with Crippen LogP contribution in [-0.2, 0) is 7.05 Å². The first-order valence-corrected chi connectivity index (χ1v) is 7.32. The molecule has 3 aromatic rings. The second kappa shape index (κ2) is 6.54. The minimum absolute atomic E-state index is 0.257. The average molecular weight is 325 g/mol. The van der Waals surface area contributed by atoms with Crippen LogP contribution in [0.5, 0.6) is 5.75 Å². The highest BCUT2D eigenvalue weighted by Gasteiger charge is 2.14. The van der Waals surface area contributed by atoms with Crippen molar-refractivity contribution in [1.82, 2.24) is 9.78 Å². The second-order valence-corrected chi connectivity index (χ2v) is 5.23. The lowest BCUT2D eigenvalue weighted by Gasteiger charge is -2.03. The van der Waals surface area contributed by atoms with Crippen LogP contribution in [0.4, 0.5) is 10.1 Å². The molecule has 0 aliphatic heterocycles. The summed E-state index contributed by atoms with van der Waals surface area (Å²) >= 11 is 0. The standard InChI is InChI=1S/C18H16FN3O2/c1-22-17(12-6-8-15(24-2)9-7-12)11-16(21-22)18(23)20-14-5-3-4-13(19)10-14/h3-11H,1-2H3,(H,20,23). The number of benzene rings is 2. The summed E-state index contributed by atoms with van der Waals surface area (Å²) < 4.78 is 20.0. The number of nitrogens with one attached hydrogen (secondary N) is 1. The largest absolute Gasteiger partial charge is 0.497 e. The van der Waals surface area contributed by atoms with Gasteiger partial charge in [0.2, 0.25) is 0 Å². The molecule has 0 atom stereocenters. The fraction of sp³-hybridized carbons (Fsp3) is 0.111. The summed E-state index contributed by atoms with van der Waals surface area (Å²) in [5.41, 5.74) is 2.35. The Kier molecular flexibility index (Phi) is 4.29. The van der Waals surface area contributed by atoms with Crippen molar-refractivity contribution in [2.45, 2.75) is 0 Å². The van der Waals surface area contributed by atoms with Crippen molar-refractivity contribution in [3.8, 4) is 17.0 Å². The second-order valence-electron chi connectivity index (χ2n) is 5.23. The molecule has 2 aromatic carbocycles. The highest BCUT2D eigenvalue weighted by molar-refractivity contribution is 6.03. The van der Waals surface area contributed by atoms with E-state index >= 15 is 0 Å². The first-order valence-electron chi connectivity index (χ1n) is 7.32. The molecule has 24 heavy (non-hydrogen) atoms. The molecule has 0 spiro atoms. The molecule has 0 aliphatic rings. The topological polar surface area (TPSA) is 56.1 Å². The predicted molar refractivity (Wildman–Crippen MR) is 89.5 cm³/mol. The summed E-state index contributed by atoms with van der Waals surface area (Å²) in [4.78, 5) is 12.3. The van der Waals surface area contributed by atoms with Crippen LogP contribution in [0, 0.1) is 5.82 Å². The summed E-state index contributed by atoms with van der Waals surface area (Å²) in [5, 5.41) is 6.86. The van der Waals surface area contributed by atoms with Gasteiger partial charge < -0.3 is 10.1 Å². The van der Waals surface area contributed by atoms with E-state index in [1.807, 2.05) is 24.3 Å². The monoisotopic (exact) mass is 325 g/mol. The Morgan fingerprint density at radius 3 is 2.58 bits per heavy atom. The molecule has 3 rings (SSSR count). The lowest BCUT2D eigenvalue weighted by atomic mass is 10.1. The normalized spacial score (nSPS) is 10.5. The number of ether oxygens (including phenoxy) is 1. The van der Waals surface area contributed by atoms with Gasteiger partial charge in [-0.15, -0.1) is 0 Å². The van der Waals surface area contributed by atoms with Gasteiger partial charge in [0.25, 0.3) is 5.91 Å². The van der Waals surface area contributed by atoms with Crippen LogP contribution < -0.4 is 10.1 Å². The van der Waals surface area contributed by atoms with E-state index in [-0.39, 0.29) is 5.69 Å². The van der Waals surface area contributed by atoms with Gasteiger partial charge in [-0.2, -0.15) is 5.10 Å². The number of aryl methyl sites for hydroxylation is 1. The third kappa shape index (κ3) is 3.27. The van der Waals surface area contributed by atoms with Crippen molar-refractivity contribution < 1.29 is 13.9 Å². The number of aromatic nitrogens is 2. The zero-order valence-electron chi connectivity index (χ0n) is 13.3. The Morgan fingerprint density at radius 1 is 1.17 bits per heavy atom. The number of carbonyl (C=O) groups is 1. The highest BCUT2D eigenvalue weighted by atomic mass is 19.1. The Labute approximate surface area is 138 Å². The number of anilines is 1. The minimum Gasteiger partial charge on any atom is -0.497 e. The average Bonchev–Trinajstić information content (AvgIpc) is 2.97. The molecule has 0 saturated heterocycles. The molecule has 0 bridgehead atoms. The van der Waals surface area contributed by atoms with Gasteiger partial charge in [0.05, 0.1) is 12.8 Å². The van der Waals surface area contributed by atoms with Crippen LogP contribution in [-0.4, -0.2) is 22.8 Å². The van der Waals surface area contributed by atoms with Gasteiger partial charge in [-0.05, 0) is 48.5 Å².